The van der Waals surface area contributed by atoms with Crippen LogP contribution in [0.3, 0.4) is 0 Å². The second-order valence-corrected chi connectivity index (χ2v) is 9.46. The van der Waals surface area contributed by atoms with Gasteiger partial charge >= 0.3 is 0 Å². The average molecular weight is 564 g/mol. The highest BCUT2D eigenvalue weighted by atomic mass is 35.5. The summed E-state index contributed by atoms with van der Waals surface area (Å²) in [6, 6.07) is 18.6. The van der Waals surface area contributed by atoms with Gasteiger partial charge in [-0.1, -0.05) is 36.4 Å². The Balaban J connectivity index is 1.64. The van der Waals surface area contributed by atoms with Gasteiger partial charge in [-0.15, -0.1) is 46.4 Å². The molecule has 1 aromatic heterocycles. The molecule has 0 aliphatic carbocycles. The maximum absolute atomic E-state index is 5.92. The standard InChI is InChI=1S/C28H30Cl4N4/c29-13-17-35(18-14-30)27-9-3-23(4-10-27)1-7-25-21-26(34-22-33-25)8-2-24-5-11-28(12-6-24)36(19-15-31)20-16-32/h1-12,21-22H,13-20H2/b7-1-,8-2-. The van der Waals surface area contributed by atoms with E-state index in [2.05, 4.69) is 68.3 Å². The van der Waals surface area contributed by atoms with Crippen LogP contribution in [0.5, 0.6) is 0 Å². The van der Waals surface area contributed by atoms with Crippen molar-refractivity contribution in [2.75, 3.05) is 59.5 Å². The summed E-state index contributed by atoms with van der Waals surface area (Å²) >= 11 is 23.7. The van der Waals surface area contributed by atoms with Crippen molar-refractivity contribution < 1.29 is 0 Å². The molecule has 0 aliphatic rings. The quantitative estimate of drug-likeness (QED) is 0.191. The van der Waals surface area contributed by atoms with Crippen LogP contribution in [0.1, 0.15) is 22.5 Å². The highest BCUT2D eigenvalue weighted by molar-refractivity contribution is 6.19. The van der Waals surface area contributed by atoms with Crippen molar-refractivity contribution in [1.29, 1.82) is 0 Å². The zero-order valence-corrected chi connectivity index (χ0v) is 23.1. The molecule has 36 heavy (non-hydrogen) atoms. The first kappa shape index (κ1) is 28.3. The molecule has 190 valence electrons. The zero-order valence-electron chi connectivity index (χ0n) is 20.0. The number of nitrogens with zero attached hydrogens (tertiary/aromatic N) is 4. The van der Waals surface area contributed by atoms with E-state index in [0.29, 0.717) is 23.5 Å². The molecule has 3 rings (SSSR count). The second-order valence-electron chi connectivity index (χ2n) is 7.95. The third kappa shape index (κ3) is 9.01. The fourth-order valence-corrected chi connectivity index (χ4v) is 4.49. The first-order valence-corrected chi connectivity index (χ1v) is 13.9. The lowest BCUT2D eigenvalue weighted by Crippen LogP contribution is -2.27. The van der Waals surface area contributed by atoms with Gasteiger partial charge in [0.25, 0.3) is 0 Å². The molecule has 0 radical (unpaired) electrons. The molecule has 0 N–H and O–H groups in total. The fourth-order valence-electron chi connectivity index (χ4n) is 3.67. The topological polar surface area (TPSA) is 32.3 Å². The van der Waals surface area contributed by atoms with Gasteiger partial charge in [-0.2, -0.15) is 0 Å². The third-order valence-corrected chi connectivity index (χ3v) is 6.21. The summed E-state index contributed by atoms with van der Waals surface area (Å²) in [5.74, 6) is 2.26. The maximum atomic E-state index is 5.92. The van der Waals surface area contributed by atoms with Gasteiger partial charge in [0.05, 0.1) is 11.4 Å². The molecule has 0 unspecified atom stereocenters. The van der Waals surface area contributed by atoms with Crippen molar-refractivity contribution in [3.05, 3.63) is 83.4 Å². The normalized spacial score (nSPS) is 11.4. The first-order valence-electron chi connectivity index (χ1n) is 11.8. The van der Waals surface area contributed by atoms with Crippen molar-refractivity contribution in [3.8, 4) is 0 Å². The molecule has 0 amide bonds. The molecule has 2 aromatic carbocycles. The highest BCUT2D eigenvalue weighted by Gasteiger charge is 2.06. The van der Waals surface area contributed by atoms with Gasteiger partial charge in [-0.25, -0.2) is 9.97 Å². The number of benzene rings is 2. The van der Waals surface area contributed by atoms with E-state index in [1.54, 1.807) is 6.33 Å². The smallest absolute Gasteiger partial charge is 0.116 e. The third-order valence-electron chi connectivity index (χ3n) is 5.54. The fraction of sp³-hybridized carbons (Fsp3) is 0.286. The van der Waals surface area contributed by atoms with Crippen LogP contribution in [0.25, 0.3) is 24.3 Å². The Bertz CT molecular complexity index is 1000. The minimum absolute atomic E-state index is 0.566. The molecule has 0 aliphatic heterocycles. The number of halogens is 4. The lowest BCUT2D eigenvalue weighted by molar-refractivity contribution is 0.874. The van der Waals surface area contributed by atoms with Gasteiger partial charge in [-0.05, 0) is 53.6 Å². The van der Waals surface area contributed by atoms with Crippen molar-refractivity contribution in [3.63, 3.8) is 0 Å². The molecule has 0 bridgehead atoms. The van der Waals surface area contributed by atoms with Gasteiger partial charge in [0.2, 0.25) is 0 Å². The molecule has 3 aromatic rings. The molecular formula is C28H30Cl4N4. The molecule has 0 saturated carbocycles. The first-order chi connectivity index (χ1) is 17.7. The molecule has 8 heteroatoms. The Labute approximate surface area is 234 Å². The number of hydrogen-bond acceptors (Lipinski definition) is 4. The Hall–Kier alpha value is -2.24. The van der Waals surface area contributed by atoms with E-state index in [9.17, 15) is 0 Å². The molecule has 4 nitrogen and oxygen atoms in total. The van der Waals surface area contributed by atoms with Crippen LogP contribution in [-0.4, -0.2) is 59.7 Å². The monoisotopic (exact) mass is 562 g/mol. The van der Waals surface area contributed by atoms with E-state index in [0.717, 1.165) is 60.1 Å². The van der Waals surface area contributed by atoms with Crippen LogP contribution in [0.15, 0.2) is 60.9 Å². The zero-order chi connectivity index (χ0) is 25.6. The summed E-state index contributed by atoms with van der Waals surface area (Å²) in [5.41, 5.74) is 6.08. The Morgan fingerprint density at radius 2 is 0.889 bits per heavy atom. The van der Waals surface area contributed by atoms with Crippen molar-refractivity contribution in [1.82, 2.24) is 9.97 Å². The highest BCUT2D eigenvalue weighted by Crippen LogP contribution is 2.19. The van der Waals surface area contributed by atoms with Crippen LogP contribution in [0.2, 0.25) is 0 Å². The molecule has 0 fully saturated rings. The van der Waals surface area contributed by atoms with E-state index in [1.165, 1.54) is 0 Å². The van der Waals surface area contributed by atoms with Crippen molar-refractivity contribution in [2.45, 2.75) is 0 Å². The summed E-state index contributed by atoms with van der Waals surface area (Å²) in [6.07, 6.45) is 9.64. The van der Waals surface area contributed by atoms with E-state index in [1.807, 2.05) is 30.4 Å². The summed E-state index contributed by atoms with van der Waals surface area (Å²) in [5, 5.41) is 0. The number of hydrogen-bond donors (Lipinski definition) is 0. The maximum Gasteiger partial charge on any atom is 0.116 e. The minimum atomic E-state index is 0.566. The van der Waals surface area contributed by atoms with E-state index in [4.69, 9.17) is 46.4 Å². The number of rotatable bonds is 14. The van der Waals surface area contributed by atoms with Crippen LogP contribution < -0.4 is 9.80 Å². The van der Waals surface area contributed by atoms with E-state index < -0.39 is 0 Å². The van der Waals surface area contributed by atoms with Crippen molar-refractivity contribution in [2.24, 2.45) is 0 Å². The minimum Gasteiger partial charge on any atom is -0.369 e. The second kappa shape index (κ2) is 15.8. The Kier molecular flexibility index (Phi) is 12.4. The summed E-state index contributed by atoms with van der Waals surface area (Å²) < 4.78 is 0. The number of alkyl halides is 4. The Morgan fingerprint density at radius 3 is 1.22 bits per heavy atom. The summed E-state index contributed by atoms with van der Waals surface area (Å²) in [6.45, 7) is 3.08. The molecule has 1 heterocycles. The van der Waals surface area contributed by atoms with Gasteiger partial charge in [0, 0.05) is 61.1 Å². The molecule has 0 saturated heterocycles. The van der Waals surface area contributed by atoms with Crippen LogP contribution in [0.4, 0.5) is 11.4 Å². The van der Waals surface area contributed by atoms with E-state index >= 15 is 0 Å². The summed E-state index contributed by atoms with van der Waals surface area (Å²) in [7, 11) is 0. The lowest BCUT2D eigenvalue weighted by Gasteiger charge is -2.22. The molecular weight excluding hydrogens is 534 g/mol. The average Bonchev–Trinajstić information content (AvgIpc) is 2.91. The number of aromatic nitrogens is 2. The predicted molar refractivity (Wildman–Crippen MR) is 160 cm³/mol. The molecule has 0 spiro atoms. The lowest BCUT2D eigenvalue weighted by atomic mass is 10.1. The van der Waals surface area contributed by atoms with Crippen LogP contribution in [-0.2, 0) is 0 Å². The SMILES string of the molecule is ClCCN(CCCl)c1ccc(/C=C\c2cc(/C=C\c3ccc(N(CCCl)CCCl)cc3)ncn2)cc1. The van der Waals surface area contributed by atoms with E-state index in [-0.39, 0.29) is 0 Å². The van der Waals surface area contributed by atoms with Gasteiger partial charge < -0.3 is 9.80 Å². The molecule has 0 atom stereocenters. The Morgan fingerprint density at radius 1 is 0.528 bits per heavy atom. The van der Waals surface area contributed by atoms with Gasteiger partial charge in [0.1, 0.15) is 6.33 Å². The number of anilines is 2. The van der Waals surface area contributed by atoms with Gasteiger partial charge in [0.15, 0.2) is 0 Å². The summed E-state index contributed by atoms with van der Waals surface area (Å²) in [4.78, 5) is 13.1. The predicted octanol–water partition coefficient (Wildman–Crippen LogP) is 7.39. The van der Waals surface area contributed by atoms with Gasteiger partial charge in [-0.3, -0.25) is 0 Å². The largest absolute Gasteiger partial charge is 0.369 e. The van der Waals surface area contributed by atoms with Crippen molar-refractivity contribution >= 4 is 82.1 Å². The van der Waals surface area contributed by atoms with Crippen LogP contribution in [0, 0.1) is 0 Å². The van der Waals surface area contributed by atoms with Crippen LogP contribution >= 0.6 is 46.4 Å².